The summed E-state index contributed by atoms with van der Waals surface area (Å²) in [5.41, 5.74) is 7.88. The van der Waals surface area contributed by atoms with Gasteiger partial charge >= 0.3 is 0 Å². The number of aromatic nitrogens is 2. The van der Waals surface area contributed by atoms with Crippen LogP contribution in [0.15, 0.2) is 42.5 Å². The standard InChI is InChI=1S/C19H16N2O/c1-11-10-14-7-5-9-16-17(13(3)22)18(19(11)21(14)16)15-8-4-6-12(2)20-15/h4-10H,1-3H3. The van der Waals surface area contributed by atoms with Crippen molar-refractivity contribution in [2.45, 2.75) is 20.8 Å². The molecule has 0 aliphatic heterocycles. The van der Waals surface area contributed by atoms with E-state index in [9.17, 15) is 4.79 Å². The molecule has 0 amide bonds. The predicted octanol–water partition coefficient (Wildman–Crippen LogP) is 4.41. The van der Waals surface area contributed by atoms with Gasteiger partial charge in [0.2, 0.25) is 0 Å². The third-order valence-electron chi connectivity index (χ3n) is 4.22. The maximum absolute atomic E-state index is 12.3. The van der Waals surface area contributed by atoms with Gasteiger partial charge in [-0.2, -0.15) is 0 Å². The quantitative estimate of drug-likeness (QED) is 0.512. The number of pyridine rings is 2. The molecular formula is C19H16N2O. The van der Waals surface area contributed by atoms with Crippen molar-refractivity contribution in [1.29, 1.82) is 0 Å². The fraction of sp³-hybridized carbons (Fsp3) is 0.158. The van der Waals surface area contributed by atoms with Crippen molar-refractivity contribution in [3.05, 3.63) is 59.3 Å². The van der Waals surface area contributed by atoms with Gasteiger partial charge in [0.25, 0.3) is 0 Å². The molecule has 0 aromatic carbocycles. The summed E-state index contributed by atoms with van der Waals surface area (Å²) < 4.78 is 2.17. The van der Waals surface area contributed by atoms with Crippen LogP contribution < -0.4 is 0 Å². The van der Waals surface area contributed by atoms with Crippen molar-refractivity contribution < 1.29 is 4.79 Å². The van der Waals surface area contributed by atoms with Crippen molar-refractivity contribution in [2.75, 3.05) is 0 Å². The second kappa shape index (κ2) is 4.41. The molecule has 0 aliphatic rings. The highest BCUT2D eigenvalue weighted by Gasteiger charge is 2.23. The summed E-state index contributed by atoms with van der Waals surface area (Å²) in [5, 5.41) is 0. The Morgan fingerprint density at radius 1 is 1.09 bits per heavy atom. The predicted molar refractivity (Wildman–Crippen MR) is 88.8 cm³/mol. The van der Waals surface area contributed by atoms with Gasteiger partial charge in [-0.1, -0.05) is 12.1 Å². The fourth-order valence-electron chi connectivity index (χ4n) is 3.39. The van der Waals surface area contributed by atoms with Crippen molar-refractivity contribution in [2.24, 2.45) is 0 Å². The summed E-state index contributed by atoms with van der Waals surface area (Å²) >= 11 is 0. The lowest BCUT2D eigenvalue weighted by Gasteiger charge is -2.04. The number of rotatable bonds is 2. The van der Waals surface area contributed by atoms with E-state index in [2.05, 4.69) is 28.4 Å². The van der Waals surface area contributed by atoms with Crippen LogP contribution in [0.2, 0.25) is 0 Å². The van der Waals surface area contributed by atoms with Crippen LogP contribution in [0, 0.1) is 13.8 Å². The summed E-state index contributed by atoms with van der Waals surface area (Å²) in [6.45, 7) is 5.69. The Kier molecular flexibility index (Phi) is 2.61. The second-order valence-corrected chi connectivity index (χ2v) is 5.82. The maximum Gasteiger partial charge on any atom is 0.162 e. The minimum Gasteiger partial charge on any atom is -0.309 e. The largest absolute Gasteiger partial charge is 0.309 e. The highest BCUT2D eigenvalue weighted by Crippen LogP contribution is 2.38. The third kappa shape index (κ3) is 1.62. The summed E-state index contributed by atoms with van der Waals surface area (Å²) in [7, 11) is 0. The lowest BCUT2D eigenvalue weighted by Crippen LogP contribution is -1.96. The van der Waals surface area contributed by atoms with Crippen LogP contribution in [-0.2, 0) is 0 Å². The molecule has 0 radical (unpaired) electrons. The molecule has 3 nitrogen and oxygen atoms in total. The fourth-order valence-corrected chi connectivity index (χ4v) is 3.39. The van der Waals surface area contributed by atoms with Crippen LogP contribution in [0.5, 0.6) is 0 Å². The minimum atomic E-state index is 0.0777. The molecule has 4 aromatic heterocycles. The number of carbonyl (C=O) groups excluding carboxylic acids is 1. The van der Waals surface area contributed by atoms with Gasteiger partial charge in [0.1, 0.15) is 0 Å². The van der Waals surface area contributed by atoms with E-state index in [-0.39, 0.29) is 5.78 Å². The zero-order valence-corrected chi connectivity index (χ0v) is 12.8. The Morgan fingerprint density at radius 3 is 2.59 bits per heavy atom. The first kappa shape index (κ1) is 13.0. The van der Waals surface area contributed by atoms with E-state index in [4.69, 9.17) is 0 Å². The maximum atomic E-state index is 12.3. The zero-order chi connectivity index (χ0) is 15.4. The Hall–Kier alpha value is -2.68. The van der Waals surface area contributed by atoms with Gasteiger partial charge in [0, 0.05) is 16.8 Å². The molecule has 4 rings (SSSR count). The molecule has 0 N–H and O–H groups in total. The Bertz CT molecular complexity index is 1030. The highest BCUT2D eigenvalue weighted by molar-refractivity contribution is 6.13. The van der Waals surface area contributed by atoms with Crippen molar-refractivity contribution >= 4 is 22.3 Å². The van der Waals surface area contributed by atoms with Crippen LogP contribution in [0.4, 0.5) is 0 Å². The molecule has 0 spiro atoms. The molecule has 4 aromatic rings. The first-order valence-electron chi connectivity index (χ1n) is 7.39. The highest BCUT2D eigenvalue weighted by atomic mass is 16.1. The molecule has 4 heterocycles. The third-order valence-corrected chi connectivity index (χ3v) is 4.22. The normalized spacial score (nSPS) is 11.6. The number of hydrogen-bond donors (Lipinski definition) is 0. The molecule has 22 heavy (non-hydrogen) atoms. The van der Waals surface area contributed by atoms with Crippen LogP contribution in [0.3, 0.4) is 0 Å². The van der Waals surface area contributed by atoms with Crippen molar-refractivity contribution in [1.82, 2.24) is 9.38 Å². The van der Waals surface area contributed by atoms with Gasteiger partial charge in [-0.05, 0) is 56.7 Å². The molecular weight excluding hydrogens is 272 g/mol. The molecule has 0 saturated heterocycles. The van der Waals surface area contributed by atoms with Gasteiger partial charge < -0.3 is 4.40 Å². The number of nitrogens with zero attached hydrogens (tertiary/aromatic N) is 2. The molecule has 0 aliphatic carbocycles. The van der Waals surface area contributed by atoms with Crippen molar-refractivity contribution in [3.8, 4) is 11.3 Å². The number of hydrogen-bond acceptors (Lipinski definition) is 2. The molecule has 0 saturated carbocycles. The second-order valence-electron chi connectivity index (χ2n) is 5.82. The number of carbonyl (C=O) groups is 1. The lowest BCUT2D eigenvalue weighted by atomic mass is 10.0. The number of ketones is 1. The van der Waals surface area contributed by atoms with E-state index in [0.29, 0.717) is 0 Å². The van der Waals surface area contributed by atoms with Crippen molar-refractivity contribution in [3.63, 3.8) is 0 Å². The van der Waals surface area contributed by atoms with E-state index in [1.807, 2.05) is 37.3 Å². The van der Waals surface area contributed by atoms with Crippen LogP contribution >= 0.6 is 0 Å². The SMILES string of the molecule is CC(=O)c1c(-c2cccc(C)n2)c2c(C)cc3cccc1n32. The first-order valence-corrected chi connectivity index (χ1v) is 7.39. The number of aryl methyl sites for hydroxylation is 2. The Morgan fingerprint density at radius 2 is 1.86 bits per heavy atom. The molecule has 0 atom stereocenters. The molecule has 0 bridgehead atoms. The van der Waals surface area contributed by atoms with E-state index >= 15 is 0 Å². The average Bonchev–Trinajstić information content (AvgIpc) is 2.99. The smallest absolute Gasteiger partial charge is 0.162 e. The van der Waals surface area contributed by atoms with Gasteiger partial charge in [0.15, 0.2) is 5.78 Å². The Balaban J connectivity index is 2.25. The lowest BCUT2D eigenvalue weighted by molar-refractivity contribution is 0.102. The van der Waals surface area contributed by atoms with Gasteiger partial charge in [-0.25, -0.2) is 0 Å². The summed E-state index contributed by atoms with van der Waals surface area (Å²) in [4.78, 5) is 17.0. The first-order chi connectivity index (χ1) is 10.6. The number of Topliss-reactive ketones (excluding diaryl/α,β-unsaturated/α-hetero) is 1. The zero-order valence-electron chi connectivity index (χ0n) is 12.8. The van der Waals surface area contributed by atoms with Crippen LogP contribution in [0.1, 0.15) is 28.5 Å². The van der Waals surface area contributed by atoms with Gasteiger partial charge in [-0.15, -0.1) is 0 Å². The van der Waals surface area contributed by atoms with E-state index < -0.39 is 0 Å². The summed E-state index contributed by atoms with van der Waals surface area (Å²) in [6.07, 6.45) is 0. The molecule has 3 heteroatoms. The summed E-state index contributed by atoms with van der Waals surface area (Å²) in [6, 6.07) is 14.2. The average molecular weight is 288 g/mol. The monoisotopic (exact) mass is 288 g/mol. The van der Waals surface area contributed by atoms with E-state index in [0.717, 1.165) is 39.1 Å². The van der Waals surface area contributed by atoms with Gasteiger partial charge in [-0.3, -0.25) is 9.78 Å². The van der Waals surface area contributed by atoms with Crippen LogP contribution in [-0.4, -0.2) is 15.2 Å². The Labute approximate surface area is 128 Å². The minimum absolute atomic E-state index is 0.0777. The van der Waals surface area contributed by atoms with E-state index in [1.165, 1.54) is 5.56 Å². The van der Waals surface area contributed by atoms with Gasteiger partial charge in [0.05, 0.1) is 22.3 Å². The molecule has 0 fully saturated rings. The molecule has 108 valence electrons. The molecule has 0 unspecified atom stereocenters. The van der Waals surface area contributed by atoms with E-state index in [1.54, 1.807) is 6.92 Å². The topological polar surface area (TPSA) is 34.4 Å². The summed E-state index contributed by atoms with van der Waals surface area (Å²) in [5.74, 6) is 0.0777. The van der Waals surface area contributed by atoms with Crippen LogP contribution in [0.25, 0.3) is 27.8 Å².